The number of hydrogen-bond acceptors (Lipinski definition) is 2. The summed E-state index contributed by atoms with van der Waals surface area (Å²) >= 11 is 0. The van der Waals surface area contributed by atoms with Crippen LogP contribution < -0.4 is 0 Å². The largest absolute Gasteiger partial charge is 0.455 e. The van der Waals surface area contributed by atoms with E-state index in [1.807, 2.05) is 0 Å². The van der Waals surface area contributed by atoms with Gasteiger partial charge in [-0.2, -0.15) is 0 Å². The fourth-order valence-corrected chi connectivity index (χ4v) is 4.42. The van der Waals surface area contributed by atoms with Crippen LogP contribution in [0.4, 0.5) is 0 Å². The van der Waals surface area contributed by atoms with Crippen molar-refractivity contribution in [2.75, 3.05) is 0 Å². The van der Waals surface area contributed by atoms with Gasteiger partial charge < -0.3 is 4.74 Å². The Morgan fingerprint density at radius 1 is 1.50 bits per heavy atom. The molecule has 0 saturated heterocycles. The Morgan fingerprint density at radius 2 is 2.28 bits per heavy atom. The second-order valence-corrected chi connectivity index (χ2v) is 6.35. The monoisotopic (exact) mass is 246 g/mol. The molecule has 18 heavy (non-hydrogen) atoms. The Kier molecular flexibility index (Phi) is 2.65. The van der Waals surface area contributed by atoms with Gasteiger partial charge in [0, 0.05) is 17.4 Å². The van der Waals surface area contributed by atoms with E-state index >= 15 is 0 Å². The molecule has 0 aromatic heterocycles. The molecule has 0 spiro atoms. The lowest BCUT2D eigenvalue weighted by Crippen LogP contribution is -2.56. The average Bonchev–Trinajstić information content (AvgIpc) is 2.32. The normalized spacial score (nSPS) is 40.6. The summed E-state index contributed by atoms with van der Waals surface area (Å²) in [4.78, 5) is 12.0. The molecule has 4 unspecified atom stereocenters. The van der Waals surface area contributed by atoms with Crippen molar-refractivity contribution in [2.24, 2.45) is 17.8 Å². The minimum atomic E-state index is -0.240. The number of carbonyl (C=O) groups is 1. The van der Waals surface area contributed by atoms with E-state index in [0.717, 1.165) is 18.8 Å². The summed E-state index contributed by atoms with van der Waals surface area (Å²) < 4.78 is 5.94. The van der Waals surface area contributed by atoms with E-state index in [1.165, 1.54) is 19.3 Å². The Balaban J connectivity index is 1.92. The number of hydrogen-bond donors (Lipinski definition) is 0. The number of carbonyl (C=O) groups excluding carboxylic acids is 1. The van der Waals surface area contributed by atoms with E-state index < -0.39 is 0 Å². The molecule has 0 amide bonds. The van der Waals surface area contributed by atoms with Gasteiger partial charge in [0.25, 0.3) is 0 Å². The van der Waals surface area contributed by atoms with E-state index in [0.29, 0.717) is 17.4 Å². The second-order valence-electron chi connectivity index (χ2n) is 6.35. The van der Waals surface area contributed by atoms with E-state index in [2.05, 4.69) is 19.6 Å². The molecule has 4 rings (SSSR count). The van der Waals surface area contributed by atoms with Crippen LogP contribution in [0.2, 0.25) is 0 Å². The summed E-state index contributed by atoms with van der Waals surface area (Å²) in [5.74, 6) is 1.63. The van der Waals surface area contributed by atoms with Crippen LogP contribution in [-0.2, 0) is 9.53 Å². The molecule has 4 bridgehead atoms. The van der Waals surface area contributed by atoms with Crippen LogP contribution in [0.5, 0.6) is 0 Å². The molecule has 0 aromatic rings. The van der Waals surface area contributed by atoms with E-state index in [9.17, 15) is 4.79 Å². The fourth-order valence-electron chi connectivity index (χ4n) is 4.42. The molecular weight excluding hydrogens is 224 g/mol. The van der Waals surface area contributed by atoms with Crippen molar-refractivity contribution in [1.29, 1.82) is 0 Å². The first-order valence-electron chi connectivity index (χ1n) is 7.13. The van der Waals surface area contributed by atoms with Crippen LogP contribution >= 0.6 is 0 Å². The highest BCUT2D eigenvalue weighted by molar-refractivity contribution is 5.87. The quantitative estimate of drug-likeness (QED) is 0.432. The summed E-state index contributed by atoms with van der Waals surface area (Å²) in [7, 11) is 0. The Hall–Kier alpha value is -1.05. The highest BCUT2D eigenvalue weighted by Gasteiger charge is 2.55. The Bertz CT molecular complexity index is 434. The number of rotatable bonds is 3. The molecule has 0 aliphatic heterocycles. The third-order valence-electron chi connectivity index (χ3n) is 5.20. The predicted molar refractivity (Wildman–Crippen MR) is 70.9 cm³/mol. The van der Waals surface area contributed by atoms with Crippen LogP contribution in [0.1, 0.15) is 46.0 Å². The zero-order valence-corrected chi connectivity index (χ0v) is 11.4. The van der Waals surface area contributed by atoms with Crippen LogP contribution in [-0.4, -0.2) is 11.6 Å². The van der Waals surface area contributed by atoms with Crippen LogP contribution in [0.3, 0.4) is 0 Å². The summed E-state index contributed by atoms with van der Waals surface area (Å²) in [6.45, 7) is 7.61. The first-order chi connectivity index (χ1) is 8.55. The molecule has 98 valence electrons. The lowest BCUT2D eigenvalue weighted by molar-refractivity contribution is -0.181. The third kappa shape index (κ3) is 1.58. The van der Waals surface area contributed by atoms with Crippen LogP contribution in [0.15, 0.2) is 23.8 Å². The van der Waals surface area contributed by atoms with E-state index in [1.54, 1.807) is 12.5 Å². The summed E-state index contributed by atoms with van der Waals surface area (Å²) in [6, 6.07) is 0. The van der Waals surface area contributed by atoms with Crippen molar-refractivity contribution < 1.29 is 9.53 Å². The van der Waals surface area contributed by atoms with Crippen molar-refractivity contribution in [3.05, 3.63) is 23.8 Å². The highest BCUT2D eigenvalue weighted by Crippen LogP contribution is 2.57. The fraction of sp³-hybridized carbons (Fsp3) is 0.688. The summed E-state index contributed by atoms with van der Waals surface area (Å²) in [5, 5.41) is 0. The van der Waals surface area contributed by atoms with Gasteiger partial charge in [0.1, 0.15) is 5.60 Å². The Morgan fingerprint density at radius 3 is 2.83 bits per heavy atom. The smallest absolute Gasteiger partial charge is 0.333 e. The molecule has 0 heterocycles. The second kappa shape index (κ2) is 3.97. The van der Waals surface area contributed by atoms with E-state index in [4.69, 9.17) is 4.74 Å². The maximum Gasteiger partial charge on any atom is 0.333 e. The highest BCUT2D eigenvalue weighted by atomic mass is 16.6. The van der Waals surface area contributed by atoms with Crippen molar-refractivity contribution in [3.8, 4) is 0 Å². The molecule has 2 fully saturated rings. The minimum absolute atomic E-state index is 0.206. The third-order valence-corrected chi connectivity index (χ3v) is 5.20. The van der Waals surface area contributed by atoms with Gasteiger partial charge in [-0.1, -0.05) is 25.2 Å². The Labute approximate surface area is 109 Å². The molecule has 0 N–H and O–H groups in total. The molecular formula is C16H22O2. The first kappa shape index (κ1) is 12.0. The van der Waals surface area contributed by atoms with Crippen molar-refractivity contribution >= 4 is 5.97 Å². The predicted octanol–water partition coefficient (Wildman–Crippen LogP) is 3.63. The van der Waals surface area contributed by atoms with Gasteiger partial charge in [0.15, 0.2) is 0 Å². The molecule has 0 aromatic carbocycles. The molecule has 2 saturated carbocycles. The van der Waals surface area contributed by atoms with Crippen LogP contribution in [0.25, 0.3) is 0 Å². The lowest BCUT2D eigenvalue weighted by Gasteiger charge is -2.56. The zero-order valence-electron chi connectivity index (χ0n) is 11.4. The van der Waals surface area contributed by atoms with Crippen molar-refractivity contribution in [1.82, 2.24) is 0 Å². The number of esters is 1. The SMILES string of the molecule is C=C(C)C(=O)OC1(CC)C2C=C3CC(C2)CC1C3. The summed E-state index contributed by atoms with van der Waals surface area (Å²) in [5.41, 5.74) is 1.89. The van der Waals surface area contributed by atoms with Gasteiger partial charge in [-0.15, -0.1) is 0 Å². The number of ether oxygens (including phenoxy) is 1. The maximum atomic E-state index is 12.0. The molecule has 0 radical (unpaired) electrons. The molecule has 4 aliphatic carbocycles. The zero-order chi connectivity index (χ0) is 12.9. The lowest BCUT2D eigenvalue weighted by atomic mass is 9.53. The topological polar surface area (TPSA) is 26.3 Å². The van der Waals surface area contributed by atoms with Gasteiger partial charge in [0.05, 0.1) is 0 Å². The van der Waals surface area contributed by atoms with Gasteiger partial charge in [0.2, 0.25) is 0 Å². The minimum Gasteiger partial charge on any atom is -0.455 e. The van der Waals surface area contributed by atoms with Gasteiger partial charge >= 0.3 is 5.97 Å². The summed E-state index contributed by atoms with van der Waals surface area (Å²) in [6.07, 6.45) is 8.22. The first-order valence-corrected chi connectivity index (χ1v) is 7.13. The average molecular weight is 246 g/mol. The molecule has 2 heteroatoms. The van der Waals surface area contributed by atoms with Crippen LogP contribution in [0, 0.1) is 17.8 Å². The number of allylic oxidation sites excluding steroid dienone is 1. The van der Waals surface area contributed by atoms with E-state index in [-0.39, 0.29) is 11.6 Å². The standard InChI is InChI=1S/C16H22O2/c1-4-16(18-15(17)10(2)3)13-6-11-5-12(8-13)9-14(16)7-11/h6,12-14H,2,4-5,7-9H2,1,3H3. The maximum absolute atomic E-state index is 12.0. The van der Waals surface area contributed by atoms with Crippen molar-refractivity contribution in [2.45, 2.75) is 51.6 Å². The molecule has 4 aliphatic rings. The van der Waals surface area contributed by atoms with Gasteiger partial charge in [-0.25, -0.2) is 4.79 Å². The molecule has 2 nitrogen and oxygen atoms in total. The van der Waals surface area contributed by atoms with Gasteiger partial charge in [-0.3, -0.25) is 0 Å². The van der Waals surface area contributed by atoms with Crippen molar-refractivity contribution in [3.63, 3.8) is 0 Å². The van der Waals surface area contributed by atoms with Gasteiger partial charge in [-0.05, 0) is 44.9 Å². The molecule has 4 atom stereocenters.